The molecule has 2 fully saturated rings. The van der Waals surface area contributed by atoms with E-state index in [1.807, 2.05) is 35.2 Å². The molecule has 1 aromatic rings. The number of nitrogens with zero attached hydrogens (tertiary/aromatic N) is 1. The van der Waals surface area contributed by atoms with Crippen molar-refractivity contribution < 1.29 is 9.59 Å². The number of carbonyl (C=O) groups is 2. The Morgan fingerprint density at radius 3 is 2.54 bits per heavy atom. The van der Waals surface area contributed by atoms with Gasteiger partial charge in [0.2, 0.25) is 11.8 Å². The summed E-state index contributed by atoms with van der Waals surface area (Å²) in [6.45, 7) is 3.29. The van der Waals surface area contributed by atoms with E-state index in [2.05, 4.69) is 5.32 Å². The molecule has 1 aliphatic carbocycles. The summed E-state index contributed by atoms with van der Waals surface area (Å²) in [7, 11) is 0. The van der Waals surface area contributed by atoms with Crippen molar-refractivity contribution in [2.24, 2.45) is 11.8 Å². The normalized spacial score (nSPS) is 24.8. The van der Waals surface area contributed by atoms with Gasteiger partial charge in [-0.2, -0.15) is 0 Å². The first kappa shape index (κ1) is 17.0. The summed E-state index contributed by atoms with van der Waals surface area (Å²) >= 11 is 0. The van der Waals surface area contributed by atoms with Crippen molar-refractivity contribution in [3.05, 3.63) is 35.9 Å². The van der Waals surface area contributed by atoms with Gasteiger partial charge in [-0.05, 0) is 30.2 Å². The Kier molecular flexibility index (Phi) is 5.54. The van der Waals surface area contributed by atoms with E-state index in [1.165, 1.54) is 32.6 Å². The van der Waals surface area contributed by atoms with E-state index in [4.69, 9.17) is 0 Å². The highest BCUT2D eigenvalue weighted by molar-refractivity contribution is 5.79. The van der Waals surface area contributed by atoms with E-state index in [1.54, 1.807) is 0 Å². The number of piperidine rings is 1. The molecular weight excluding hydrogens is 300 g/mol. The molecule has 24 heavy (non-hydrogen) atoms. The fourth-order valence-corrected chi connectivity index (χ4v) is 4.31. The van der Waals surface area contributed by atoms with Crippen molar-refractivity contribution in [1.29, 1.82) is 0 Å². The van der Waals surface area contributed by atoms with Crippen LogP contribution in [0.4, 0.5) is 0 Å². The number of fused-ring (bicyclic) bond motifs is 1. The van der Waals surface area contributed by atoms with Crippen molar-refractivity contribution >= 4 is 11.8 Å². The molecule has 130 valence electrons. The molecule has 4 heteroatoms. The number of hydrogen-bond donors (Lipinski definition) is 1. The molecule has 1 aromatic carbocycles. The average Bonchev–Trinajstić information content (AvgIpc) is 2.61. The van der Waals surface area contributed by atoms with Crippen molar-refractivity contribution in [3.63, 3.8) is 0 Å². The SMILES string of the molecule is CC(=O)N[C@@H](CC(=O)N1CC[C@H]2CCCC[C@@H]2C1)c1ccccc1. The largest absolute Gasteiger partial charge is 0.349 e. The number of likely N-dealkylation sites (tertiary alicyclic amines) is 1. The summed E-state index contributed by atoms with van der Waals surface area (Å²) in [4.78, 5) is 26.4. The van der Waals surface area contributed by atoms with Crippen LogP contribution in [-0.2, 0) is 9.59 Å². The lowest BCUT2D eigenvalue weighted by Crippen LogP contribution is -2.45. The van der Waals surface area contributed by atoms with Gasteiger partial charge in [0, 0.05) is 20.0 Å². The molecule has 3 atom stereocenters. The second kappa shape index (κ2) is 7.82. The highest BCUT2D eigenvalue weighted by Gasteiger charge is 2.33. The van der Waals surface area contributed by atoms with Gasteiger partial charge >= 0.3 is 0 Å². The summed E-state index contributed by atoms with van der Waals surface area (Å²) in [5.74, 6) is 1.58. The minimum absolute atomic E-state index is 0.0948. The van der Waals surface area contributed by atoms with Crippen LogP contribution < -0.4 is 5.32 Å². The first-order valence-electron chi connectivity index (χ1n) is 9.23. The number of hydrogen-bond acceptors (Lipinski definition) is 2. The Morgan fingerprint density at radius 1 is 1.12 bits per heavy atom. The molecule has 1 aliphatic heterocycles. The maximum absolute atomic E-state index is 12.8. The molecule has 2 amide bonds. The van der Waals surface area contributed by atoms with Gasteiger partial charge in [-0.25, -0.2) is 0 Å². The molecule has 0 unspecified atom stereocenters. The molecular formula is C20H28N2O2. The Balaban J connectivity index is 1.63. The zero-order chi connectivity index (χ0) is 16.9. The van der Waals surface area contributed by atoms with E-state index in [9.17, 15) is 9.59 Å². The first-order chi connectivity index (χ1) is 11.6. The van der Waals surface area contributed by atoms with E-state index < -0.39 is 0 Å². The van der Waals surface area contributed by atoms with Crippen molar-refractivity contribution in [2.75, 3.05) is 13.1 Å². The molecule has 0 aromatic heterocycles. The fraction of sp³-hybridized carbons (Fsp3) is 0.600. The first-order valence-corrected chi connectivity index (χ1v) is 9.23. The number of benzene rings is 1. The lowest BCUT2D eigenvalue weighted by atomic mass is 9.75. The average molecular weight is 328 g/mol. The standard InChI is InChI=1S/C20H28N2O2/c1-15(23)21-19(17-8-3-2-4-9-17)13-20(24)22-12-11-16-7-5-6-10-18(16)14-22/h2-4,8-9,16,18-19H,5-7,10-14H2,1H3,(H,21,23)/t16-,18-,19+/m1/s1. The lowest BCUT2D eigenvalue weighted by Gasteiger charge is -2.41. The van der Waals surface area contributed by atoms with Crippen LogP contribution in [0.5, 0.6) is 0 Å². The van der Waals surface area contributed by atoms with Crippen molar-refractivity contribution in [3.8, 4) is 0 Å². The maximum Gasteiger partial charge on any atom is 0.224 e. The molecule has 2 aliphatic rings. The predicted octanol–water partition coefficient (Wildman–Crippen LogP) is 3.29. The van der Waals surface area contributed by atoms with Crippen LogP contribution in [0.25, 0.3) is 0 Å². The molecule has 0 spiro atoms. The third-order valence-electron chi connectivity index (χ3n) is 5.60. The monoisotopic (exact) mass is 328 g/mol. The van der Waals surface area contributed by atoms with Gasteiger partial charge in [0.25, 0.3) is 0 Å². The van der Waals surface area contributed by atoms with E-state index in [0.29, 0.717) is 12.3 Å². The van der Waals surface area contributed by atoms with Gasteiger partial charge in [0.05, 0.1) is 12.5 Å². The summed E-state index contributed by atoms with van der Waals surface area (Å²) in [6, 6.07) is 9.55. The van der Waals surface area contributed by atoms with Crippen LogP contribution in [0.3, 0.4) is 0 Å². The number of carbonyl (C=O) groups excluding carboxylic acids is 2. The molecule has 1 N–H and O–H groups in total. The van der Waals surface area contributed by atoms with Crippen LogP contribution in [0.15, 0.2) is 30.3 Å². The van der Waals surface area contributed by atoms with Crippen LogP contribution in [0, 0.1) is 11.8 Å². The van der Waals surface area contributed by atoms with Crippen LogP contribution in [0.2, 0.25) is 0 Å². The molecule has 0 radical (unpaired) electrons. The third kappa shape index (κ3) is 4.16. The fourth-order valence-electron chi connectivity index (χ4n) is 4.31. The quantitative estimate of drug-likeness (QED) is 0.922. The minimum Gasteiger partial charge on any atom is -0.349 e. The number of rotatable bonds is 4. The molecule has 1 saturated heterocycles. The number of amides is 2. The summed E-state index contributed by atoms with van der Waals surface area (Å²) in [6.07, 6.45) is 6.76. The second-order valence-electron chi connectivity index (χ2n) is 7.30. The van der Waals surface area contributed by atoms with Crippen LogP contribution >= 0.6 is 0 Å². The second-order valence-corrected chi connectivity index (χ2v) is 7.30. The highest BCUT2D eigenvalue weighted by Crippen LogP contribution is 2.36. The van der Waals surface area contributed by atoms with Gasteiger partial charge in [0.1, 0.15) is 0 Å². The summed E-state index contributed by atoms with van der Waals surface area (Å²) < 4.78 is 0. The van der Waals surface area contributed by atoms with Crippen molar-refractivity contribution in [2.45, 2.75) is 51.5 Å². The van der Waals surface area contributed by atoms with Gasteiger partial charge in [0.15, 0.2) is 0 Å². The van der Waals surface area contributed by atoms with Crippen LogP contribution in [0.1, 0.15) is 57.1 Å². The predicted molar refractivity (Wildman–Crippen MR) is 94.3 cm³/mol. The third-order valence-corrected chi connectivity index (χ3v) is 5.60. The van der Waals surface area contributed by atoms with Crippen LogP contribution in [-0.4, -0.2) is 29.8 Å². The molecule has 1 saturated carbocycles. The van der Waals surface area contributed by atoms with E-state index >= 15 is 0 Å². The summed E-state index contributed by atoms with van der Waals surface area (Å²) in [5.41, 5.74) is 0.994. The van der Waals surface area contributed by atoms with Gasteiger partial charge < -0.3 is 10.2 Å². The molecule has 0 bridgehead atoms. The topological polar surface area (TPSA) is 49.4 Å². The van der Waals surface area contributed by atoms with E-state index in [0.717, 1.165) is 31.0 Å². The zero-order valence-corrected chi connectivity index (χ0v) is 14.5. The van der Waals surface area contributed by atoms with E-state index in [-0.39, 0.29) is 17.9 Å². The maximum atomic E-state index is 12.8. The van der Waals surface area contributed by atoms with Gasteiger partial charge in [-0.15, -0.1) is 0 Å². The van der Waals surface area contributed by atoms with Gasteiger partial charge in [-0.1, -0.05) is 49.6 Å². The Bertz CT molecular complexity index is 572. The summed E-state index contributed by atoms with van der Waals surface area (Å²) in [5, 5.41) is 2.94. The lowest BCUT2D eigenvalue weighted by molar-refractivity contribution is -0.135. The smallest absolute Gasteiger partial charge is 0.224 e. The molecule has 3 rings (SSSR count). The Morgan fingerprint density at radius 2 is 1.83 bits per heavy atom. The Labute approximate surface area is 144 Å². The minimum atomic E-state index is -0.236. The van der Waals surface area contributed by atoms with Crippen molar-refractivity contribution in [1.82, 2.24) is 10.2 Å². The zero-order valence-electron chi connectivity index (χ0n) is 14.5. The van der Waals surface area contributed by atoms with Gasteiger partial charge in [-0.3, -0.25) is 9.59 Å². The molecule has 4 nitrogen and oxygen atoms in total. The molecule has 1 heterocycles. The number of nitrogens with one attached hydrogen (secondary N) is 1. The Hall–Kier alpha value is -1.84. The highest BCUT2D eigenvalue weighted by atomic mass is 16.2.